The number of thiocarbonyl (C=S) groups is 1. The number of nitrogens with two attached hydrogens (primary N) is 1. The van der Waals surface area contributed by atoms with Crippen LogP contribution in [0.25, 0.3) is 11.0 Å². The minimum absolute atomic E-state index is 0.447. The molecule has 1 heterocycles. The first-order chi connectivity index (χ1) is 10.1. The van der Waals surface area contributed by atoms with Crippen molar-refractivity contribution in [1.29, 1.82) is 0 Å². The summed E-state index contributed by atoms with van der Waals surface area (Å²) in [5.74, 6) is 0.888. The second kappa shape index (κ2) is 5.84. The van der Waals surface area contributed by atoms with E-state index in [1.807, 2.05) is 42.5 Å². The molecule has 0 radical (unpaired) electrons. The molecule has 0 aliphatic carbocycles. The second-order valence-electron chi connectivity index (χ2n) is 4.87. The van der Waals surface area contributed by atoms with Crippen LogP contribution in [0.5, 0.6) is 0 Å². The van der Waals surface area contributed by atoms with Gasteiger partial charge < -0.3 is 10.3 Å². The number of hydrogen-bond donors (Lipinski definition) is 1. The number of halogens is 1. The molecule has 2 aromatic carbocycles. The van der Waals surface area contributed by atoms with Gasteiger partial charge in [-0.25, -0.2) is 4.98 Å². The van der Waals surface area contributed by atoms with Crippen molar-refractivity contribution < 1.29 is 0 Å². The van der Waals surface area contributed by atoms with E-state index in [2.05, 4.69) is 15.6 Å². The average molecular weight is 316 g/mol. The van der Waals surface area contributed by atoms with Crippen LogP contribution in [-0.4, -0.2) is 14.5 Å². The fourth-order valence-electron chi connectivity index (χ4n) is 2.37. The van der Waals surface area contributed by atoms with Gasteiger partial charge in [-0.3, -0.25) is 0 Å². The molecule has 0 amide bonds. The van der Waals surface area contributed by atoms with E-state index >= 15 is 0 Å². The molecule has 3 aromatic rings. The summed E-state index contributed by atoms with van der Waals surface area (Å²) in [6.45, 7) is 0.718. The van der Waals surface area contributed by atoms with Gasteiger partial charge in [-0.15, -0.1) is 0 Å². The van der Waals surface area contributed by atoms with Crippen LogP contribution in [0.1, 0.15) is 11.4 Å². The van der Waals surface area contributed by atoms with Gasteiger partial charge in [-0.1, -0.05) is 48.1 Å². The number of fused-ring (bicyclic) bond motifs is 1. The number of hydrogen-bond acceptors (Lipinski definition) is 2. The summed E-state index contributed by atoms with van der Waals surface area (Å²) in [4.78, 5) is 5.08. The van der Waals surface area contributed by atoms with Crippen molar-refractivity contribution >= 4 is 39.8 Å². The first-order valence-electron chi connectivity index (χ1n) is 6.60. The first-order valence-corrected chi connectivity index (χ1v) is 7.39. The minimum Gasteiger partial charge on any atom is -0.393 e. The van der Waals surface area contributed by atoms with Crippen LogP contribution in [0, 0.1) is 0 Å². The van der Waals surface area contributed by atoms with Crippen LogP contribution < -0.4 is 5.73 Å². The van der Waals surface area contributed by atoms with Crippen molar-refractivity contribution in [2.45, 2.75) is 13.0 Å². The molecule has 3 rings (SSSR count). The standard InChI is InChI=1S/C16H14ClN3S/c17-12-7-5-11(6-8-12)10-20-14-4-2-1-3-13(14)19-16(20)9-15(18)21/h1-8H,9-10H2,(H2,18,21). The number of rotatable bonds is 4. The van der Waals surface area contributed by atoms with E-state index in [-0.39, 0.29) is 0 Å². The van der Waals surface area contributed by atoms with Gasteiger partial charge >= 0.3 is 0 Å². The molecule has 0 fully saturated rings. The summed E-state index contributed by atoms with van der Waals surface area (Å²) < 4.78 is 2.15. The highest BCUT2D eigenvalue weighted by atomic mass is 35.5. The lowest BCUT2D eigenvalue weighted by atomic mass is 10.2. The van der Waals surface area contributed by atoms with Gasteiger partial charge in [-0.2, -0.15) is 0 Å². The third-order valence-corrected chi connectivity index (χ3v) is 3.72. The Balaban J connectivity index is 2.05. The molecule has 0 saturated heterocycles. The van der Waals surface area contributed by atoms with Crippen LogP contribution in [0.2, 0.25) is 5.02 Å². The number of nitrogens with zero attached hydrogens (tertiary/aromatic N) is 2. The van der Waals surface area contributed by atoms with Crippen LogP contribution in [0.4, 0.5) is 0 Å². The topological polar surface area (TPSA) is 43.8 Å². The van der Waals surface area contributed by atoms with Crippen molar-refractivity contribution in [2.75, 3.05) is 0 Å². The number of imidazole rings is 1. The van der Waals surface area contributed by atoms with Crippen molar-refractivity contribution in [3.8, 4) is 0 Å². The van der Waals surface area contributed by atoms with Crippen molar-refractivity contribution in [3.63, 3.8) is 0 Å². The Morgan fingerprint density at radius 3 is 2.57 bits per heavy atom. The van der Waals surface area contributed by atoms with E-state index in [4.69, 9.17) is 29.6 Å². The zero-order valence-electron chi connectivity index (χ0n) is 11.3. The highest BCUT2D eigenvalue weighted by molar-refractivity contribution is 7.80. The minimum atomic E-state index is 0.447. The quantitative estimate of drug-likeness (QED) is 0.749. The van der Waals surface area contributed by atoms with E-state index in [1.54, 1.807) is 0 Å². The summed E-state index contributed by atoms with van der Waals surface area (Å²) in [5, 5.41) is 0.734. The molecule has 0 aliphatic rings. The summed E-state index contributed by atoms with van der Waals surface area (Å²) in [5.41, 5.74) is 8.89. The lowest BCUT2D eigenvalue weighted by Crippen LogP contribution is -2.15. The summed E-state index contributed by atoms with van der Waals surface area (Å²) in [6, 6.07) is 15.9. The van der Waals surface area contributed by atoms with Gasteiger partial charge in [0.15, 0.2) is 0 Å². The van der Waals surface area contributed by atoms with Gasteiger partial charge in [-0.05, 0) is 29.8 Å². The summed E-state index contributed by atoms with van der Waals surface area (Å²) in [7, 11) is 0. The zero-order chi connectivity index (χ0) is 14.8. The molecule has 5 heteroatoms. The Kier molecular flexibility index (Phi) is 3.90. The molecule has 0 spiro atoms. The number of para-hydroxylation sites is 2. The van der Waals surface area contributed by atoms with Crippen LogP contribution in [0.3, 0.4) is 0 Å². The highest BCUT2D eigenvalue weighted by Gasteiger charge is 2.11. The van der Waals surface area contributed by atoms with E-state index in [9.17, 15) is 0 Å². The van der Waals surface area contributed by atoms with Crippen LogP contribution in [-0.2, 0) is 13.0 Å². The zero-order valence-corrected chi connectivity index (χ0v) is 12.9. The lowest BCUT2D eigenvalue weighted by molar-refractivity contribution is 0.774. The smallest absolute Gasteiger partial charge is 0.116 e. The molecule has 2 N–H and O–H groups in total. The van der Waals surface area contributed by atoms with Crippen LogP contribution in [0.15, 0.2) is 48.5 Å². The van der Waals surface area contributed by atoms with Gasteiger partial charge in [0, 0.05) is 11.6 Å². The van der Waals surface area contributed by atoms with E-state index in [0.717, 1.165) is 34.0 Å². The summed E-state index contributed by atoms with van der Waals surface area (Å²) in [6.07, 6.45) is 0.498. The van der Waals surface area contributed by atoms with E-state index in [0.29, 0.717) is 11.4 Å². The normalized spacial score (nSPS) is 10.9. The average Bonchev–Trinajstić information content (AvgIpc) is 2.78. The molecule has 3 nitrogen and oxygen atoms in total. The fraction of sp³-hybridized carbons (Fsp3) is 0.125. The SMILES string of the molecule is NC(=S)Cc1nc2ccccc2n1Cc1ccc(Cl)cc1. The predicted molar refractivity (Wildman–Crippen MR) is 90.8 cm³/mol. The van der Waals surface area contributed by atoms with E-state index in [1.165, 1.54) is 0 Å². The maximum absolute atomic E-state index is 5.94. The molecule has 0 atom stereocenters. The van der Waals surface area contributed by atoms with Crippen molar-refractivity contribution in [3.05, 3.63) is 64.9 Å². The lowest BCUT2D eigenvalue weighted by Gasteiger charge is -2.09. The Labute approximate surface area is 133 Å². The molecule has 0 unspecified atom stereocenters. The Morgan fingerprint density at radius 2 is 1.86 bits per heavy atom. The van der Waals surface area contributed by atoms with Gasteiger partial charge in [0.2, 0.25) is 0 Å². The maximum Gasteiger partial charge on any atom is 0.116 e. The molecular weight excluding hydrogens is 302 g/mol. The Hall–Kier alpha value is -1.91. The molecule has 0 saturated carbocycles. The molecular formula is C16H14ClN3S. The van der Waals surface area contributed by atoms with Crippen molar-refractivity contribution in [2.24, 2.45) is 5.73 Å². The van der Waals surface area contributed by atoms with Crippen molar-refractivity contribution in [1.82, 2.24) is 9.55 Å². The molecule has 0 bridgehead atoms. The number of aromatic nitrogens is 2. The van der Waals surface area contributed by atoms with E-state index < -0.39 is 0 Å². The third kappa shape index (κ3) is 3.06. The first kappa shape index (κ1) is 14.0. The fourth-order valence-corrected chi connectivity index (χ4v) is 2.62. The van der Waals surface area contributed by atoms with Crippen LogP contribution >= 0.6 is 23.8 Å². The molecule has 21 heavy (non-hydrogen) atoms. The predicted octanol–water partition coefficient (Wildman–Crippen LogP) is 3.57. The maximum atomic E-state index is 5.94. The van der Waals surface area contributed by atoms with Gasteiger partial charge in [0.05, 0.1) is 22.4 Å². The largest absolute Gasteiger partial charge is 0.393 e. The second-order valence-corrected chi connectivity index (χ2v) is 5.83. The Morgan fingerprint density at radius 1 is 1.14 bits per heavy atom. The number of benzene rings is 2. The van der Waals surface area contributed by atoms with Gasteiger partial charge in [0.1, 0.15) is 5.82 Å². The monoisotopic (exact) mass is 315 g/mol. The van der Waals surface area contributed by atoms with Gasteiger partial charge in [0.25, 0.3) is 0 Å². The Bertz CT molecular complexity index is 793. The third-order valence-electron chi connectivity index (χ3n) is 3.32. The molecule has 1 aromatic heterocycles. The highest BCUT2D eigenvalue weighted by Crippen LogP contribution is 2.19. The summed E-state index contributed by atoms with van der Waals surface area (Å²) >= 11 is 11.0. The molecule has 0 aliphatic heterocycles. The molecule has 106 valence electrons.